The fourth-order valence-electron chi connectivity index (χ4n) is 3.78. The van der Waals surface area contributed by atoms with Crippen LogP contribution in [0.1, 0.15) is 38.5 Å². The van der Waals surface area contributed by atoms with Gasteiger partial charge in [-0.15, -0.1) is 0 Å². The van der Waals surface area contributed by atoms with Gasteiger partial charge in [0.05, 0.1) is 31.5 Å². The maximum Gasteiger partial charge on any atom is 0.260 e. The van der Waals surface area contributed by atoms with E-state index in [0.717, 1.165) is 12.8 Å². The van der Waals surface area contributed by atoms with E-state index in [1.54, 1.807) is 19.2 Å². The van der Waals surface area contributed by atoms with Gasteiger partial charge in [-0.05, 0) is 18.8 Å². The van der Waals surface area contributed by atoms with Crippen molar-refractivity contribution in [2.24, 2.45) is 13.0 Å². The smallest absolute Gasteiger partial charge is 0.260 e. The predicted octanol–water partition coefficient (Wildman–Crippen LogP) is 0.470. The van der Waals surface area contributed by atoms with Crippen LogP contribution < -0.4 is 10.0 Å². The summed E-state index contributed by atoms with van der Waals surface area (Å²) in [5.74, 6) is 0.445. The van der Waals surface area contributed by atoms with Crippen LogP contribution in [0.2, 0.25) is 0 Å². The lowest BCUT2D eigenvalue weighted by molar-refractivity contribution is -0.125. The Kier molecular flexibility index (Phi) is 7.44. The Morgan fingerprint density at radius 3 is 2.72 bits per heavy atom. The average Bonchev–Trinajstić information content (AvgIpc) is 3.15. The first-order chi connectivity index (χ1) is 13.9. The Labute approximate surface area is 171 Å². The van der Waals surface area contributed by atoms with Crippen LogP contribution in [0.3, 0.4) is 0 Å². The van der Waals surface area contributed by atoms with Gasteiger partial charge in [0.25, 0.3) is 10.0 Å². The van der Waals surface area contributed by atoms with E-state index in [9.17, 15) is 18.3 Å². The third-order valence-corrected chi connectivity index (χ3v) is 6.75. The second-order valence-corrected chi connectivity index (χ2v) is 9.48. The van der Waals surface area contributed by atoms with Crippen molar-refractivity contribution in [3.05, 3.63) is 24.7 Å². The summed E-state index contributed by atoms with van der Waals surface area (Å²) in [6, 6.07) is -0.742. The number of aromatic nitrogens is 2. The molecule has 0 saturated heterocycles. The number of sulfonamides is 1. The molecule has 1 aromatic rings. The van der Waals surface area contributed by atoms with E-state index in [2.05, 4.69) is 15.0 Å². The summed E-state index contributed by atoms with van der Waals surface area (Å²) in [4.78, 5) is 16.1. The molecule has 3 atom stereocenters. The highest BCUT2D eigenvalue weighted by Gasteiger charge is 2.32. The number of carbonyl (C=O) groups excluding carboxylic acids is 1. The zero-order valence-electron chi connectivity index (χ0n) is 16.7. The molecular weight excluding hydrogens is 396 g/mol. The second-order valence-electron chi connectivity index (χ2n) is 7.82. The van der Waals surface area contributed by atoms with E-state index in [0.29, 0.717) is 12.5 Å². The maximum absolute atomic E-state index is 12.4. The van der Waals surface area contributed by atoms with Crippen LogP contribution in [0.15, 0.2) is 29.7 Å². The van der Waals surface area contributed by atoms with E-state index < -0.39 is 28.3 Å². The van der Waals surface area contributed by atoms with Gasteiger partial charge in [-0.3, -0.25) is 4.79 Å². The van der Waals surface area contributed by atoms with Crippen LogP contribution in [0.25, 0.3) is 0 Å². The van der Waals surface area contributed by atoms with Crippen molar-refractivity contribution < 1.29 is 23.1 Å². The average molecular weight is 427 g/mol. The van der Waals surface area contributed by atoms with Crippen molar-refractivity contribution in [3.63, 3.8) is 0 Å². The van der Waals surface area contributed by atoms with Gasteiger partial charge in [0.1, 0.15) is 6.10 Å². The zero-order chi connectivity index (χ0) is 20.9. The van der Waals surface area contributed by atoms with Crippen molar-refractivity contribution >= 4 is 15.9 Å². The lowest BCUT2D eigenvalue weighted by Gasteiger charge is -2.31. The molecule has 0 aromatic carbocycles. The van der Waals surface area contributed by atoms with Gasteiger partial charge in [0.2, 0.25) is 5.91 Å². The molecule has 162 valence electrons. The third-order valence-electron chi connectivity index (χ3n) is 5.41. The number of carbonyl (C=O) groups is 1. The van der Waals surface area contributed by atoms with Crippen LogP contribution in [0.4, 0.5) is 0 Å². The summed E-state index contributed by atoms with van der Waals surface area (Å²) in [5.41, 5.74) is 0. The number of ether oxygens (including phenoxy) is 1. The number of aliphatic hydroxyl groups is 1. The number of aliphatic hydroxyl groups excluding tert-OH is 1. The summed E-state index contributed by atoms with van der Waals surface area (Å²) in [7, 11) is -2.17. The van der Waals surface area contributed by atoms with Gasteiger partial charge < -0.3 is 19.7 Å². The largest absolute Gasteiger partial charge is 0.394 e. The molecule has 0 radical (unpaired) electrons. The minimum absolute atomic E-state index is 0.102. The number of hydrogen-bond donors (Lipinski definition) is 3. The first kappa shape index (κ1) is 21.9. The van der Waals surface area contributed by atoms with Gasteiger partial charge in [0.15, 0.2) is 5.03 Å². The molecule has 1 saturated carbocycles. The molecule has 2 heterocycles. The first-order valence-electron chi connectivity index (χ1n) is 10.1. The Balaban J connectivity index is 1.53. The molecular formula is C19H30N4O5S. The summed E-state index contributed by atoms with van der Waals surface area (Å²) in [6.07, 6.45) is 11.0. The van der Waals surface area contributed by atoms with Crippen molar-refractivity contribution in [2.75, 3.05) is 13.2 Å². The van der Waals surface area contributed by atoms with Crippen molar-refractivity contribution in [3.8, 4) is 0 Å². The molecule has 2 aliphatic rings. The van der Waals surface area contributed by atoms with Gasteiger partial charge in [0, 0.05) is 19.8 Å². The van der Waals surface area contributed by atoms with Gasteiger partial charge >= 0.3 is 0 Å². The number of imidazole rings is 1. The minimum atomic E-state index is -3.85. The first-order valence-corrected chi connectivity index (χ1v) is 11.6. The van der Waals surface area contributed by atoms with E-state index in [-0.39, 0.29) is 24.0 Å². The Morgan fingerprint density at radius 2 is 2.07 bits per heavy atom. The highest BCUT2D eigenvalue weighted by Crippen LogP contribution is 2.23. The van der Waals surface area contributed by atoms with Crippen molar-refractivity contribution in [2.45, 2.75) is 61.8 Å². The van der Waals surface area contributed by atoms with E-state index >= 15 is 0 Å². The van der Waals surface area contributed by atoms with Crippen LogP contribution >= 0.6 is 0 Å². The van der Waals surface area contributed by atoms with Crippen LogP contribution in [0.5, 0.6) is 0 Å². The Morgan fingerprint density at radius 1 is 1.31 bits per heavy atom. The van der Waals surface area contributed by atoms with Crippen LogP contribution in [0, 0.1) is 5.92 Å². The summed E-state index contributed by atoms with van der Waals surface area (Å²) in [5, 5.41) is 12.5. The fourth-order valence-corrected chi connectivity index (χ4v) is 4.98. The number of nitrogens with one attached hydrogen (secondary N) is 2. The molecule has 3 N–H and O–H groups in total. The number of hydrogen-bond acceptors (Lipinski definition) is 6. The highest BCUT2D eigenvalue weighted by atomic mass is 32.2. The van der Waals surface area contributed by atoms with Crippen molar-refractivity contribution in [1.82, 2.24) is 19.6 Å². The molecule has 29 heavy (non-hydrogen) atoms. The fraction of sp³-hybridized carbons (Fsp3) is 0.684. The van der Waals surface area contributed by atoms with Crippen molar-refractivity contribution in [1.29, 1.82) is 0 Å². The number of aryl methyl sites for hydroxylation is 1. The number of rotatable bonds is 8. The molecule has 0 spiro atoms. The second kappa shape index (κ2) is 9.84. The van der Waals surface area contributed by atoms with E-state index in [1.807, 2.05) is 0 Å². The molecule has 10 heteroatoms. The topological polar surface area (TPSA) is 123 Å². The molecule has 3 rings (SSSR count). The standard InChI is InChI=1S/C19H30N4O5S/c1-23-11-19(21-13-23)29(26,27)22-16-8-7-15(28-17(16)12-24)9-18(25)20-10-14-5-3-2-4-6-14/h7-8,11,13-17,22,24H,2-6,9-10,12H2,1H3,(H,20,25)/t15-,16-,17+/m0/s1. The molecule has 1 aliphatic heterocycles. The predicted molar refractivity (Wildman–Crippen MR) is 106 cm³/mol. The molecule has 1 amide bonds. The van der Waals surface area contributed by atoms with E-state index in [4.69, 9.17) is 4.74 Å². The lowest BCUT2D eigenvalue weighted by Crippen LogP contribution is -2.49. The molecule has 1 aromatic heterocycles. The molecule has 0 bridgehead atoms. The van der Waals surface area contributed by atoms with Crippen LogP contribution in [-0.2, 0) is 26.6 Å². The summed E-state index contributed by atoms with van der Waals surface area (Å²) in [6.45, 7) is 0.311. The summed E-state index contributed by atoms with van der Waals surface area (Å²) >= 11 is 0. The Bertz CT molecular complexity index is 816. The van der Waals surface area contributed by atoms with Crippen LogP contribution in [-0.4, -0.2) is 60.4 Å². The minimum Gasteiger partial charge on any atom is -0.394 e. The molecule has 9 nitrogen and oxygen atoms in total. The highest BCUT2D eigenvalue weighted by molar-refractivity contribution is 7.89. The Hall–Kier alpha value is -1.75. The maximum atomic E-state index is 12.4. The SMILES string of the molecule is Cn1cnc(S(=O)(=O)N[C@H]2C=C[C@@H](CC(=O)NCC3CCCCC3)O[C@@H]2CO)c1. The summed E-state index contributed by atoms with van der Waals surface area (Å²) < 4.78 is 34.7. The molecule has 1 fully saturated rings. The zero-order valence-corrected chi connectivity index (χ0v) is 17.5. The lowest BCUT2D eigenvalue weighted by atomic mass is 9.89. The number of amides is 1. The van der Waals surface area contributed by atoms with E-state index in [1.165, 1.54) is 36.4 Å². The number of nitrogens with zero attached hydrogens (tertiary/aromatic N) is 2. The normalized spacial score (nSPS) is 25.8. The molecule has 1 aliphatic carbocycles. The third kappa shape index (κ3) is 6.11. The quantitative estimate of drug-likeness (QED) is 0.520. The monoisotopic (exact) mass is 426 g/mol. The molecule has 0 unspecified atom stereocenters. The van der Waals surface area contributed by atoms with Gasteiger partial charge in [-0.2, -0.15) is 0 Å². The van der Waals surface area contributed by atoms with Gasteiger partial charge in [-0.1, -0.05) is 31.4 Å². The van der Waals surface area contributed by atoms with Gasteiger partial charge in [-0.25, -0.2) is 18.1 Å².